The van der Waals surface area contributed by atoms with Gasteiger partial charge in [0.1, 0.15) is 11.3 Å². The van der Waals surface area contributed by atoms with Gasteiger partial charge in [-0.05, 0) is 26.0 Å². The van der Waals surface area contributed by atoms with E-state index in [0.717, 1.165) is 46.0 Å². The average molecular weight is 313 g/mol. The first kappa shape index (κ1) is 14.8. The standard InChI is InChI=1S/C17H19N3OS/c1-11-9-14(18-8-7-16-19-10-12(2)22-16)13-5-4-6-15(21-3)17(13)20-11/h4-6,9-10H,7-8H2,1-3H3,(H,18,20). The Labute approximate surface area is 134 Å². The molecule has 3 aromatic rings. The van der Waals surface area contributed by atoms with Crippen molar-refractivity contribution in [1.29, 1.82) is 0 Å². The van der Waals surface area contributed by atoms with Crippen molar-refractivity contribution in [3.05, 3.63) is 46.0 Å². The van der Waals surface area contributed by atoms with Crippen LogP contribution in [0.4, 0.5) is 5.69 Å². The maximum Gasteiger partial charge on any atom is 0.145 e. The minimum absolute atomic E-state index is 0.805. The topological polar surface area (TPSA) is 47.0 Å². The monoisotopic (exact) mass is 313 g/mol. The van der Waals surface area contributed by atoms with Crippen LogP contribution in [0.15, 0.2) is 30.5 Å². The zero-order chi connectivity index (χ0) is 15.5. The predicted molar refractivity (Wildman–Crippen MR) is 92.1 cm³/mol. The summed E-state index contributed by atoms with van der Waals surface area (Å²) in [4.78, 5) is 10.3. The fourth-order valence-electron chi connectivity index (χ4n) is 2.48. The van der Waals surface area contributed by atoms with Crippen molar-refractivity contribution in [1.82, 2.24) is 9.97 Å². The molecule has 1 N–H and O–H groups in total. The number of methoxy groups -OCH3 is 1. The molecule has 0 aliphatic carbocycles. The number of pyridine rings is 1. The second-order valence-electron chi connectivity index (χ2n) is 5.21. The number of benzene rings is 1. The number of aromatic nitrogens is 2. The third-order valence-electron chi connectivity index (χ3n) is 3.47. The molecule has 0 saturated carbocycles. The minimum atomic E-state index is 0.805. The van der Waals surface area contributed by atoms with Gasteiger partial charge >= 0.3 is 0 Å². The van der Waals surface area contributed by atoms with Crippen LogP contribution in [0.2, 0.25) is 0 Å². The van der Waals surface area contributed by atoms with Crippen molar-refractivity contribution in [2.75, 3.05) is 19.0 Å². The molecule has 114 valence electrons. The molecular weight excluding hydrogens is 294 g/mol. The molecule has 0 aliphatic rings. The SMILES string of the molecule is COc1cccc2c(NCCc3ncc(C)s3)cc(C)nc12. The summed E-state index contributed by atoms with van der Waals surface area (Å²) < 4.78 is 5.42. The highest BCUT2D eigenvalue weighted by molar-refractivity contribution is 7.11. The van der Waals surface area contributed by atoms with E-state index < -0.39 is 0 Å². The summed E-state index contributed by atoms with van der Waals surface area (Å²) in [6, 6.07) is 8.08. The van der Waals surface area contributed by atoms with E-state index >= 15 is 0 Å². The lowest BCUT2D eigenvalue weighted by Crippen LogP contribution is -2.06. The maximum atomic E-state index is 5.42. The molecule has 0 spiro atoms. The molecule has 0 saturated heterocycles. The third kappa shape index (κ3) is 3.04. The molecule has 0 atom stereocenters. The van der Waals surface area contributed by atoms with Crippen molar-refractivity contribution in [2.24, 2.45) is 0 Å². The van der Waals surface area contributed by atoms with E-state index in [9.17, 15) is 0 Å². The number of aryl methyl sites for hydroxylation is 2. The molecule has 0 fully saturated rings. The summed E-state index contributed by atoms with van der Waals surface area (Å²) >= 11 is 1.75. The van der Waals surface area contributed by atoms with Crippen molar-refractivity contribution < 1.29 is 4.74 Å². The lowest BCUT2D eigenvalue weighted by Gasteiger charge is -2.12. The Bertz CT molecular complexity index is 798. The Hall–Kier alpha value is -2.14. The molecule has 0 aliphatic heterocycles. The van der Waals surface area contributed by atoms with Gasteiger partial charge in [-0.2, -0.15) is 0 Å². The van der Waals surface area contributed by atoms with Crippen LogP contribution in [0.25, 0.3) is 10.9 Å². The number of hydrogen-bond acceptors (Lipinski definition) is 5. The van der Waals surface area contributed by atoms with Gasteiger partial charge in [0.05, 0.1) is 12.1 Å². The van der Waals surface area contributed by atoms with Crippen molar-refractivity contribution >= 4 is 27.9 Å². The van der Waals surface area contributed by atoms with E-state index in [4.69, 9.17) is 4.74 Å². The molecule has 0 radical (unpaired) electrons. The molecule has 2 heterocycles. The number of nitrogens with zero attached hydrogens (tertiary/aromatic N) is 2. The summed E-state index contributed by atoms with van der Waals surface area (Å²) in [5.41, 5.74) is 2.97. The molecular formula is C17H19N3OS. The third-order valence-corrected chi connectivity index (χ3v) is 4.45. The molecule has 5 heteroatoms. The summed E-state index contributed by atoms with van der Waals surface area (Å²) in [5.74, 6) is 0.805. The molecule has 3 rings (SSSR count). The van der Waals surface area contributed by atoms with Gasteiger partial charge in [0.2, 0.25) is 0 Å². The second-order valence-corrected chi connectivity index (χ2v) is 6.53. The van der Waals surface area contributed by atoms with Crippen molar-refractivity contribution in [3.8, 4) is 5.75 Å². The molecule has 0 unspecified atom stereocenters. The van der Waals surface area contributed by atoms with E-state index in [1.54, 1.807) is 18.4 Å². The fraction of sp³-hybridized carbons (Fsp3) is 0.294. The molecule has 0 amide bonds. The first-order valence-corrected chi connectivity index (χ1v) is 8.08. The van der Waals surface area contributed by atoms with Crippen LogP contribution in [0, 0.1) is 13.8 Å². The number of rotatable bonds is 5. The number of ether oxygens (including phenoxy) is 1. The van der Waals surface area contributed by atoms with Gasteiger partial charge in [0, 0.05) is 40.8 Å². The normalized spacial score (nSPS) is 10.9. The lowest BCUT2D eigenvalue weighted by atomic mass is 10.1. The Morgan fingerprint density at radius 2 is 2.14 bits per heavy atom. The zero-order valence-electron chi connectivity index (χ0n) is 13.0. The number of nitrogens with one attached hydrogen (secondary N) is 1. The fourth-order valence-corrected chi connectivity index (χ4v) is 3.27. The number of thiazole rings is 1. The number of anilines is 1. The van der Waals surface area contributed by atoms with Gasteiger partial charge in [-0.25, -0.2) is 9.97 Å². The first-order chi connectivity index (χ1) is 10.7. The number of hydrogen-bond donors (Lipinski definition) is 1. The lowest BCUT2D eigenvalue weighted by molar-refractivity contribution is 0.419. The van der Waals surface area contributed by atoms with E-state index in [0.29, 0.717) is 0 Å². The quantitative estimate of drug-likeness (QED) is 0.774. The van der Waals surface area contributed by atoms with Gasteiger partial charge in [-0.15, -0.1) is 11.3 Å². The van der Waals surface area contributed by atoms with Crippen LogP contribution in [-0.4, -0.2) is 23.6 Å². The van der Waals surface area contributed by atoms with Gasteiger partial charge < -0.3 is 10.1 Å². The number of fused-ring (bicyclic) bond motifs is 1. The van der Waals surface area contributed by atoms with Crippen molar-refractivity contribution in [3.63, 3.8) is 0 Å². The summed E-state index contributed by atoms with van der Waals surface area (Å²) in [7, 11) is 1.68. The van der Waals surface area contributed by atoms with Crippen LogP contribution in [0.3, 0.4) is 0 Å². The summed E-state index contributed by atoms with van der Waals surface area (Å²) in [6.45, 7) is 4.94. The largest absolute Gasteiger partial charge is 0.494 e. The van der Waals surface area contributed by atoms with E-state index in [-0.39, 0.29) is 0 Å². The van der Waals surface area contributed by atoms with E-state index in [1.807, 2.05) is 25.3 Å². The average Bonchev–Trinajstić information content (AvgIpc) is 2.92. The van der Waals surface area contributed by atoms with Crippen LogP contribution >= 0.6 is 11.3 Å². The van der Waals surface area contributed by atoms with Crippen LogP contribution in [-0.2, 0) is 6.42 Å². The Kier molecular flexibility index (Phi) is 4.24. The first-order valence-electron chi connectivity index (χ1n) is 7.27. The number of para-hydroxylation sites is 1. The van der Waals surface area contributed by atoms with E-state index in [1.165, 1.54) is 4.88 Å². The maximum absolute atomic E-state index is 5.42. The Balaban J connectivity index is 1.83. The Morgan fingerprint density at radius 1 is 1.27 bits per heavy atom. The van der Waals surface area contributed by atoms with E-state index in [2.05, 4.69) is 34.3 Å². The highest BCUT2D eigenvalue weighted by atomic mass is 32.1. The van der Waals surface area contributed by atoms with Crippen LogP contribution in [0.5, 0.6) is 5.75 Å². The van der Waals surface area contributed by atoms with Gasteiger partial charge in [-0.1, -0.05) is 12.1 Å². The summed E-state index contributed by atoms with van der Waals surface area (Å²) in [5, 5.41) is 5.76. The molecule has 1 aromatic carbocycles. The summed E-state index contributed by atoms with van der Waals surface area (Å²) in [6.07, 6.45) is 2.85. The zero-order valence-corrected chi connectivity index (χ0v) is 13.8. The smallest absolute Gasteiger partial charge is 0.145 e. The van der Waals surface area contributed by atoms with Crippen LogP contribution < -0.4 is 10.1 Å². The van der Waals surface area contributed by atoms with Gasteiger partial charge in [0.25, 0.3) is 0 Å². The van der Waals surface area contributed by atoms with Crippen LogP contribution in [0.1, 0.15) is 15.6 Å². The molecule has 4 nitrogen and oxygen atoms in total. The van der Waals surface area contributed by atoms with Gasteiger partial charge in [-0.3, -0.25) is 0 Å². The minimum Gasteiger partial charge on any atom is -0.494 e. The molecule has 22 heavy (non-hydrogen) atoms. The molecule has 2 aromatic heterocycles. The van der Waals surface area contributed by atoms with Gasteiger partial charge in [0.15, 0.2) is 0 Å². The second kappa shape index (κ2) is 6.32. The Morgan fingerprint density at radius 3 is 2.86 bits per heavy atom. The predicted octanol–water partition coefficient (Wildman–Crippen LogP) is 3.97. The highest BCUT2D eigenvalue weighted by Crippen LogP contribution is 2.29. The van der Waals surface area contributed by atoms with Crippen molar-refractivity contribution in [2.45, 2.75) is 20.3 Å². The molecule has 0 bridgehead atoms. The highest BCUT2D eigenvalue weighted by Gasteiger charge is 2.08.